The van der Waals surface area contributed by atoms with Crippen molar-refractivity contribution in [3.05, 3.63) is 48.8 Å². The highest BCUT2D eigenvalue weighted by atomic mass is 32.2. The first-order valence-electron chi connectivity index (χ1n) is 6.71. The number of nitrogens with one attached hydrogen (secondary N) is 1. The molecule has 0 saturated carbocycles. The fourth-order valence-corrected chi connectivity index (χ4v) is 2.59. The molecule has 0 saturated heterocycles. The molecule has 3 rings (SSSR count). The predicted molar refractivity (Wildman–Crippen MR) is 87.5 cm³/mol. The Balaban J connectivity index is 1.93. The lowest BCUT2D eigenvalue weighted by molar-refractivity contribution is 0.402. The third kappa shape index (κ3) is 2.98. The van der Waals surface area contributed by atoms with Gasteiger partial charge in [-0.25, -0.2) is 4.98 Å². The van der Waals surface area contributed by atoms with Gasteiger partial charge in [0.15, 0.2) is 0 Å². The molecule has 2 aromatic heterocycles. The van der Waals surface area contributed by atoms with E-state index in [1.807, 2.05) is 43.4 Å². The summed E-state index contributed by atoms with van der Waals surface area (Å²) in [6, 6.07) is 11.6. The van der Waals surface area contributed by atoms with Crippen molar-refractivity contribution in [2.24, 2.45) is 0 Å². The van der Waals surface area contributed by atoms with Crippen LogP contribution in [-0.2, 0) is 0 Å². The van der Waals surface area contributed by atoms with Crippen LogP contribution in [0.4, 0.5) is 0 Å². The lowest BCUT2D eigenvalue weighted by Crippen LogP contribution is -1.93. The van der Waals surface area contributed by atoms with E-state index in [0.29, 0.717) is 11.4 Å². The van der Waals surface area contributed by atoms with E-state index in [1.54, 1.807) is 31.5 Å². The largest absolute Gasteiger partial charge is 0.479 e. The number of fused-ring (bicyclic) bond motifs is 1. The van der Waals surface area contributed by atoms with Gasteiger partial charge in [-0.2, -0.15) is 0 Å². The number of methoxy groups -OCH3 is 1. The van der Waals surface area contributed by atoms with Crippen LogP contribution in [0, 0.1) is 0 Å². The lowest BCUT2D eigenvalue weighted by Gasteiger charge is -2.10. The molecule has 0 aliphatic heterocycles. The smallest absolute Gasteiger partial charge is 0.240 e. The minimum atomic E-state index is 0.490. The summed E-state index contributed by atoms with van der Waals surface area (Å²) in [6.07, 6.45) is 3.37. The number of hydrogen-bond donors (Lipinski definition) is 1. The summed E-state index contributed by atoms with van der Waals surface area (Å²) in [5.74, 6) is 1.98. The fourth-order valence-electron chi connectivity index (χ4n) is 2.09. The molecule has 0 amide bonds. The molecule has 2 heterocycles. The minimum Gasteiger partial charge on any atom is -0.479 e. The van der Waals surface area contributed by atoms with Crippen molar-refractivity contribution in [3.8, 4) is 17.4 Å². The number of nitrogens with zero attached hydrogens (tertiary/aromatic N) is 2. The maximum Gasteiger partial charge on any atom is 0.240 e. The van der Waals surface area contributed by atoms with Gasteiger partial charge >= 0.3 is 0 Å². The quantitative estimate of drug-likeness (QED) is 0.726. The fraction of sp³-hybridized carbons (Fsp3) is 0.125. The van der Waals surface area contributed by atoms with Crippen molar-refractivity contribution in [2.45, 2.75) is 4.90 Å². The topological polar surface area (TPSA) is 56.3 Å². The van der Waals surface area contributed by atoms with Gasteiger partial charge in [0, 0.05) is 17.3 Å². The summed E-state index contributed by atoms with van der Waals surface area (Å²) >= 11 is 1.56. The van der Waals surface area contributed by atoms with Crippen LogP contribution in [0.2, 0.25) is 0 Å². The van der Waals surface area contributed by atoms with Gasteiger partial charge in [-0.05, 0) is 55.4 Å². The molecule has 6 heteroatoms. The van der Waals surface area contributed by atoms with Crippen molar-refractivity contribution < 1.29 is 9.47 Å². The Kier molecular flexibility index (Phi) is 4.41. The Morgan fingerprint density at radius 2 is 1.77 bits per heavy atom. The number of benzene rings is 1. The standard InChI is InChI=1S/C16H15N3O2S/c1-17-22-12-5-3-11(4-6-12)21-14-8-10-18-15-13(14)7-9-19-16(15)20-2/h3-10,17H,1-2H3. The third-order valence-corrected chi connectivity index (χ3v) is 3.76. The van der Waals surface area contributed by atoms with E-state index >= 15 is 0 Å². The van der Waals surface area contributed by atoms with Gasteiger partial charge < -0.3 is 9.47 Å². The molecule has 1 aromatic carbocycles. The van der Waals surface area contributed by atoms with E-state index in [4.69, 9.17) is 9.47 Å². The molecule has 0 bridgehead atoms. The molecule has 22 heavy (non-hydrogen) atoms. The second-order valence-electron chi connectivity index (χ2n) is 4.41. The highest BCUT2D eigenvalue weighted by Gasteiger charge is 2.09. The SMILES string of the molecule is CNSc1ccc(Oc2ccnc3c(OC)nccc23)cc1. The maximum absolute atomic E-state index is 5.97. The Morgan fingerprint density at radius 3 is 2.50 bits per heavy atom. The minimum absolute atomic E-state index is 0.490. The average molecular weight is 313 g/mol. The zero-order valence-electron chi connectivity index (χ0n) is 12.2. The Morgan fingerprint density at radius 1 is 1.00 bits per heavy atom. The molecular formula is C16H15N3O2S. The summed E-state index contributed by atoms with van der Waals surface area (Å²) in [6.45, 7) is 0. The number of rotatable bonds is 5. The Labute approximate surface area is 132 Å². The van der Waals surface area contributed by atoms with E-state index in [-0.39, 0.29) is 0 Å². The van der Waals surface area contributed by atoms with Crippen LogP contribution < -0.4 is 14.2 Å². The summed E-state index contributed by atoms with van der Waals surface area (Å²) in [4.78, 5) is 9.59. The summed E-state index contributed by atoms with van der Waals surface area (Å²) < 4.78 is 14.2. The van der Waals surface area contributed by atoms with Crippen molar-refractivity contribution in [3.63, 3.8) is 0 Å². The van der Waals surface area contributed by atoms with Gasteiger partial charge in [0.1, 0.15) is 17.0 Å². The second-order valence-corrected chi connectivity index (χ2v) is 5.49. The second kappa shape index (κ2) is 6.64. The van der Waals surface area contributed by atoms with Crippen molar-refractivity contribution in [1.82, 2.24) is 14.7 Å². The van der Waals surface area contributed by atoms with Gasteiger partial charge in [-0.1, -0.05) is 0 Å². The molecule has 0 unspecified atom stereocenters. The third-order valence-electron chi connectivity index (χ3n) is 3.05. The van der Waals surface area contributed by atoms with Crippen LogP contribution in [0.25, 0.3) is 10.9 Å². The number of aromatic nitrogens is 2. The van der Waals surface area contributed by atoms with Crippen LogP contribution in [0.15, 0.2) is 53.7 Å². The number of hydrogen-bond acceptors (Lipinski definition) is 6. The van der Waals surface area contributed by atoms with Gasteiger partial charge in [0.2, 0.25) is 5.88 Å². The van der Waals surface area contributed by atoms with Crippen LogP contribution in [0.1, 0.15) is 0 Å². The lowest BCUT2D eigenvalue weighted by atomic mass is 10.2. The van der Waals surface area contributed by atoms with Crippen molar-refractivity contribution in [1.29, 1.82) is 0 Å². The first-order valence-corrected chi connectivity index (χ1v) is 7.52. The molecule has 0 aliphatic rings. The van der Waals surface area contributed by atoms with E-state index < -0.39 is 0 Å². The van der Waals surface area contributed by atoms with Crippen LogP contribution >= 0.6 is 11.9 Å². The number of pyridine rings is 2. The summed E-state index contributed by atoms with van der Waals surface area (Å²) in [7, 11) is 3.47. The van der Waals surface area contributed by atoms with Crippen LogP contribution in [0.5, 0.6) is 17.4 Å². The first kappa shape index (κ1) is 14.6. The molecule has 1 N–H and O–H groups in total. The zero-order valence-corrected chi connectivity index (χ0v) is 13.1. The monoisotopic (exact) mass is 313 g/mol. The molecule has 5 nitrogen and oxygen atoms in total. The first-order chi connectivity index (χ1) is 10.8. The molecule has 3 aromatic rings. The molecule has 0 radical (unpaired) electrons. The zero-order chi connectivity index (χ0) is 15.4. The molecular weight excluding hydrogens is 298 g/mol. The summed E-state index contributed by atoms with van der Waals surface area (Å²) in [5.41, 5.74) is 0.685. The van der Waals surface area contributed by atoms with E-state index in [0.717, 1.165) is 21.8 Å². The van der Waals surface area contributed by atoms with Gasteiger partial charge in [-0.3, -0.25) is 9.71 Å². The maximum atomic E-state index is 5.97. The van der Waals surface area contributed by atoms with Gasteiger partial charge in [-0.15, -0.1) is 0 Å². The van der Waals surface area contributed by atoms with E-state index in [2.05, 4.69) is 14.7 Å². The average Bonchev–Trinajstić information content (AvgIpc) is 2.57. The molecule has 112 valence electrons. The van der Waals surface area contributed by atoms with E-state index in [1.165, 1.54) is 0 Å². The molecule has 0 spiro atoms. The van der Waals surface area contributed by atoms with Gasteiger partial charge in [0.25, 0.3) is 0 Å². The van der Waals surface area contributed by atoms with Crippen LogP contribution in [-0.4, -0.2) is 24.1 Å². The Bertz CT molecular complexity index is 778. The van der Waals surface area contributed by atoms with Crippen molar-refractivity contribution >= 4 is 22.9 Å². The normalized spacial score (nSPS) is 10.6. The van der Waals surface area contributed by atoms with Crippen molar-refractivity contribution in [2.75, 3.05) is 14.2 Å². The summed E-state index contributed by atoms with van der Waals surface area (Å²) in [5, 5.41) is 0.864. The van der Waals surface area contributed by atoms with E-state index in [9.17, 15) is 0 Å². The highest BCUT2D eigenvalue weighted by Crippen LogP contribution is 2.32. The predicted octanol–water partition coefficient (Wildman–Crippen LogP) is 3.66. The highest BCUT2D eigenvalue weighted by molar-refractivity contribution is 7.97. The Hall–Kier alpha value is -2.31. The van der Waals surface area contributed by atoms with Gasteiger partial charge in [0.05, 0.1) is 12.5 Å². The molecule has 0 fully saturated rings. The number of ether oxygens (including phenoxy) is 2. The molecule has 0 atom stereocenters. The molecule has 0 aliphatic carbocycles. The van der Waals surface area contributed by atoms with Crippen LogP contribution in [0.3, 0.4) is 0 Å².